The molecule has 6 nitrogen and oxygen atoms in total. The predicted molar refractivity (Wildman–Crippen MR) is 69.7 cm³/mol. The fourth-order valence-electron chi connectivity index (χ4n) is 1.76. The summed E-state index contributed by atoms with van der Waals surface area (Å²) in [7, 11) is 1.57. The number of hydrogen-bond acceptors (Lipinski definition) is 5. The van der Waals surface area contributed by atoms with Crippen LogP contribution in [0.3, 0.4) is 0 Å². The second-order valence-corrected chi connectivity index (χ2v) is 4.29. The number of methoxy groups -OCH3 is 1. The average Bonchev–Trinajstić information content (AvgIpc) is 2.84. The van der Waals surface area contributed by atoms with Gasteiger partial charge < -0.3 is 19.1 Å². The van der Waals surface area contributed by atoms with Crippen molar-refractivity contribution in [2.24, 2.45) is 0 Å². The van der Waals surface area contributed by atoms with Crippen LogP contribution in [0.25, 0.3) is 0 Å². The molecule has 1 heterocycles. The molecule has 0 aliphatic heterocycles. The number of ether oxygens (including phenoxy) is 2. The van der Waals surface area contributed by atoms with Gasteiger partial charge in [-0.25, -0.2) is 4.79 Å². The number of rotatable bonds is 6. The summed E-state index contributed by atoms with van der Waals surface area (Å²) in [4.78, 5) is 10.9. The molecular weight excluding hydrogens is 262 g/mol. The summed E-state index contributed by atoms with van der Waals surface area (Å²) < 4.78 is 15.5. The van der Waals surface area contributed by atoms with Crippen LogP contribution in [0, 0.1) is 6.92 Å². The van der Waals surface area contributed by atoms with Crippen LogP contribution in [-0.2, 0) is 18.0 Å². The Morgan fingerprint density at radius 3 is 2.80 bits per heavy atom. The van der Waals surface area contributed by atoms with Crippen LogP contribution in [0.1, 0.15) is 27.4 Å². The molecule has 1 aromatic heterocycles. The van der Waals surface area contributed by atoms with Crippen LogP contribution >= 0.6 is 0 Å². The van der Waals surface area contributed by atoms with Gasteiger partial charge in [-0.3, -0.25) is 0 Å². The van der Waals surface area contributed by atoms with Crippen LogP contribution in [0.4, 0.5) is 0 Å². The molecule has 0 unspecified atom stereocenters. The van der Waals surface area contributed by atoms with Gasteiger partial charge in [0.15, 0.2) is 5.76 Å². The van der Waals surface area contributed by atoms with Gasteiger partial charge >= 0.3 is 5.97 Å². The van der Waals surface area contributed by atoms with Crippen molar-refractivity contribution in [3.8, 4) is 5.75 Å². The lowest BCUT2D eigenvalue weighted by atomic mass is 10.1. The van der Waals surface area contributed by atoms with Gasteiger partial charge in [-0.05, 0) is 30.7 Å². The van der Waals surface area contributed by atoms with Crippen molar-refractivity contribution in [3.63, 3.8) is 0 Å². The van der Waals surface area contributed by atoms with Crippen LogP contribution in [0.5, 0.6) is 5.75 Å². The molecule has 20 heavy (non-hydrogen) atoms. The van der Waals surface area contributed by atoms with Crippen LogP contribution < -0.4 is 4.74 Å². The van der Waals surface area contributed by atoms with E-state index in [1.807, 2.05) is 0 Å². The Labute approximate surface area is 115 Å². The molecule has 0 radical (unpaired) electrons. The number of benzene rings is 1. The van der Waals surface area contributed by atoms with Gasteiger partial charge in [0.05, 0.1) is 5.56 Å². The van der Waals surface area contributed by atoms with Crippen molar-refractivity contribution in [3.05, 3.63) is 46.8 Å². The van der Waals surface area contributed by atoms with Gasteiger partial charge in [-0.15, -0.1) is 0 Å². The van der Waals surface area contributed by atoms with E-state index < -0.39 is 5.97 Å². The second-order valence-electron chi connectivity index (χ2n) is 4.29. The largest absolute Gasteiger partial charge is 0.487 e. The Morgan fingerprint density at radius 1 is 1.35 bits per heavy atom. The Kier molecular flexibility index (Phi) is 4.37. The topological polar surface area (TPSA) is 81.8 Å². The average molecular weight is 277 g/mol. The summed E-state index contributed by atoms with van der Waals surface area (Å²) in [6.07, 6.45) is 0. The molecular formula is C14H15NO5. The molecule has 2 aromatic rings. The highest BCUT2D eigenvalue weighted by Crippen LogP contribution is 2.18. The van der Waals surface area contributed by atoms with E-state index in [2.05, 4.69) is 5.16 Å². The Balaban J connectivity index is 1.99. The summed E-state index contributed by atoms with van der Waals surface area (Å²) >= 11 is 0. The number of carbonyl (C=O) groups is 1. The van der Waals surface area contributed by atoms with E-state index in [1.54, 1.807) is 32.2 Å². The first kappa shape index (κ1) is 14.1. The van der Waals surface area contributed by atoms with Crippen molar-refractivity contribution >= 4 is 5.97 Å². The number of carboxylic acids is 1. The molecule has 0 amide bonds. The summed E-state index contributed by atoms with van der Waals surface area (Å²) in [5.41, 5.74) is 1.56. The van der Waals surface area contributed by atoms with E-state index in [1.165, 1.54) is 6.07 Å². The zero-order valence-electron chi connectivity index (χ0n) is 11.3. The highest BCUT2D eigenvalue weighted by atomic mass is 16.5. The second kappa shape index (κ2) is 6.21. The van der Waals surface area contributed by atoms with Crippen molar-refractivity contribution < 1.29 is 23.9 Å². The molecule has 1 N–H and O–H groups in total. The minimum atomic E-state index is -0.949. The van der Waals surface area contributed by atoms with E-state index in [0.29, 0.717) is 29.4 Å². The quantitative estimate of drug-likeness (QED) is 0.873. The third-order valence-electron chi connectivity index (χ3n) is 2.71. The molecule has 106 valence electrons. The zero-order chi connectivity index (χ0) is 14.5. The first-order valence-corrected chi connectivity index (χ1v) is 6.00. The van der Waals surface area contributed by atoms with Gasteiger partial charge in [0, 0.05) is 13.2 Å². The molecule has 0 atom stereocenters. The monoisotopic (exact) mass is 277 g/mol. The Morgan fingerprint density at radius 2 is 2.15 bits per heavy atom. The molecule has 0 aliphatic carbocycles. The fraction of sp³-hybridized carbons (Fsp3) is 0.286. The molecule has 0 saturated carbocycles. The lowest BCUT2D eigenvalue weighted by molar-refractivity contribution is 0.0696. The highest BCUT2D eigenvalue weighted by Gasteiger charge is 2.09. The molecule has 0 aliphatic rings. The minimum absolute atomic E-state index is 0.249. The van der Waals surface area contributed by atoms with Gasteiger partial charge in [0.2, 0.25) is 0 Å². The van der Waals surface area contributed by atoms with E-state index in [-0.39, 0.29) is 12.2 Å². The number of aromatic nitrogens is 1. The van der Waals surface area contributed by atoms with Crippen LogP contribution in [-0.4, -0.2) is 23.3 Å². The minimum Gasteiger partial charge on any atom is -0.487 e. The number of aryl methyl sites for hydroxylation is 1. The van der Waals surface area contributed by atoms with Crippen molar-refractivity contribution in [1.82, 2.24) is 5.16 Å². The lowest BCUT2D eigenvalue weighted by Crippen LogP contribution is -2.01. The normalized spacial score (nSPS) is 10.5. The summed E-state index contributed by atoms with van der Waals surface area (Å²) in [6.45, 7) is 2.33. The van der Waals surface area contributed by atoms with Crippen LogP contribution in [0.15, 0.2) is 28.8 Å². The number of aromatic carboxylic acids is 1. The third kappa shape index (κ3) is 3.36. The lowest BCUT2D eigenvalue weighted by Gasteiger charge is -2.06. The number of nitrogens with zero attached hydrogens (tertiary/aromatic N) is 1. The van der Waals surface area contributed by atoms with Crippen LogP contribution in [0.2, 0.25) is 0 Å². The molecule has 1 aromatic carbocycles. The number of hydrogen-bond donors (Lipinski definition) is 1. The van der Waals surface area contributed by atoms with E-state index in [4.69, 9.17) is 19.1 Å². The molecule has 0 bridgehead atoms. The maximum atomic E-state index is 10.9. The maximum Gasteiger partial charge on any atom is 0.335 e. The molecule has 6 heteroatoms. The van der Waals surface area contributed by atoms with Crippen molar-refractivity contribution in [2.45, 2.75) is 20.1 Å². The smallest absolute Gasteiger partial charge is 0.335 e. The van der Waals surface area contributed by atoms with Crippen molar-refractivity contribution in [1.29, 1.82) is 0 Å². The van der Waals surface area contributed by atoms with Gasteiger partial charge in [-0.2, -0.15) is 0 Å². The molecule has 2 rings (SSSR count). The predicted octanol–water partition coefficient (Wildman–Crippen LogP) is 2.41. The summed E-state index contributed by atoms with van der Waals surface area (Å²) in [5.74, 6) is 0.266. The first-order valence-electron chi connectivity index (χ1n) is 6.00. The van der Waals surface area contributed by atoms with Crippen molar-refractivity contribution in [2.75, 3.05) is 7.11 Å². The molecule has 0 fully saturated rings. The number of carboxylic acid groups (broad SMARTS) is 1. The maximum absolute atomic E-state index is 10.9. The molecule has 0 spiro atoms. The zero-order valence-corrected chi connectivity index (χ0v) is 11.3. The standard InChI is InChI=1S/C14H15NO5/c1-9-5-11(3-4-13(9)14(16)17)19-7-10-6-12(8-18-2)20-15-10/h3-6H,7-8H2,1-2H3,(H,16,17). The highest BCUT2D eigenvalue weighted by molar-refractivity contribution is 5.89. The SMILES string of the molecule is COCc1cc(COc2ccc(C(=O)O)c(C)c2)no1. The third-order valence-corrected chi connectivity index (χ3v) is 2.71. The first-order chi connectivity index (χ1) is 9.60. The Bertz CT molecular complexity index is 605. The Hall–Kier alpha value is -2.34. The van der Waals surface area contributed by atoms with E-state index in [9.17, 15) is 4.79 Å². The molecule has 0 saturated heterocycles. The summed E-state index contributed by atoms with van der Waals surface area (Å²) in [5, 5.41) is 12.8. The van der Waals surface area contributed by atoms with Gasteiger partial charge in [0.1, 0.15) is 24.7 Å². The van der Waals surface area contributed by atoms with Gasteiger partial charge in [-0.1, -0.05) is 5.16 Å². The summed E-state index contributed by atoms with van der Waals surface area (Å²) in [6, 6.07) is 6.57. The van der Waals surface area contributed by atoms with E-state index >= 15 is 0 Å². The van der Waals surface area contributed by atoms with Gasteiger partial charge in [0.25, 0.3) is 0 Å². The fourth-order valence-corrected chi connectivity index (χ4v) is 1.76. The van der Waals surface area contributed by atoms with E-state index in [0.717, 1.165) is 0 Å².